The summed E-state index contributed by atoms with van der Waals surface area (Å²) < 4.78 is 52.5. The van der Waals surface area contributed by atoms with Crippen molar-refractivity contribution in [2.24, 2.45) is 5.73 Å². The van der Waals surface area contributed by atoms with Gasteiger partial charge in [0.05, 0.1) is 21.3 Å². The number of aromatic amines is 1. The van der Waals surface area contributed by atoms with E-state index in [0.717, 1.165) is 5.41 Å². The van der Waals surface area contributed by atoms with Crippen LogP contribution in [0.15, 0.2) is 26.9 Å². The molecular formula is C23H40IN3O8SSi2. The van der Waals surface area contributed by atoms with Gasteiger partial charge < -0.3 is 19.3 Å². The largest absolute Gasteiger partial charge is 0.414 e. The van der Waals surface area contributed by atoms with Crippen molar-refractivity contribution >= 4 is 49.3 Å². The van der Waals surface area contributed by atoms with Crippen LogP contribution in [-0.4, -0.2) is 59.0 Å². The Hall–Kier alpha value is -0.826. The molecule has 0 aromatic carbocycles. The lowest BCUT2D eigenvalue weighted by atomic mass is 9.89. The summed E-state index contributed by atoms with van der Waals surface area (Å²) in [6.07, 6.45) is -1.95. The minimum Gasteiger partial charge on any atom is -0.414 e. The molecule has 0 saturated carbocycles. The van der Waals surface area contributed by atoms with Gasteiger partial charge in [0.15, 0.2) is 28.5 Å². The van der Waals surface area contributed by atoms with E-state index in [-0.39, 0.29) is 26.0 Å². The molecule has 1 aromatic rings. The molecule has 4 unspecified atom stereocenters. The van der Waals surface area contributed by atoms with Crippen molar-refractivity contribution in [1.29, 1.82) is 0 Å². The fraction of sp³-hybridized carbons (Fsp3) is 0.739. The van der Waals surface area contributed by atoms with Gasteiger partial charge in [0.25, 0.3) is 15.7 Å². The monoisotopic (exact) mass is 701 g/mol. The van der Waals surface area contributed by atoms with E-state index in [9.17, 15) is 18.0 Å². The number of nitrogens with zero attached hydrogens (tertiary/aromatic N) is 1. The first-order valence-corrected chi connectivity index (χ1v) is 20.7. The van der Waals surface area contributed by atoms with Crippen LogP contribution in [0.25, 0.3) is 0 Å². The number of rotatable bonds is 6. The van der Waals surface area contributed by atoms with Crippen LogP contribution in [0.1, 0.15) is 47.8 Å². The molecule has 0 bridgehead atoms. The Morgan fingerprint density at radius 2 is 1.66 bits per heavy atom. The van der Waals surface area contributed by atoms with Gasteiger partial charge in [-0.2, -0.15) is 8.42 Å². The second-order valence-corrected chi connectivity index (χ2v) is 25.1. The summed E-state index contributed by atoms with van der Waals surface area (Å²) in [5.74, 6) is 0. The molecule has 2 aliphatic heterocycles. The zero-order chi connectivity index (χ0) is 29.3. The predicted octanol–water partition coefficient (Wildman–Crippen LogP) is 3.35. The molecule has 1 spiro atoms. The Bertz CT molecular complexity index is 1340. The maximum Gasteiger partial charge on any atom is 0.330 e. The van der Waals surface area contributed by atoms with E-state index < -0.39 is 62.0 Å². The van der Waals surface area contributed by atoms with Crippen LogP contribution in [0.4, 0.5) is 0 Å². The van der Waals surface area contributed by atoms with E-state index in [2.05, 4.69) is 38.8 Å². The maximum absolute atomic E-state index is 13.0. The van der Waals surface area contributed by atoms with E-state index in [1.807, 2.05) is 56.5 Å². The third-order valence-electron chi connectivity index (χ3n) is 8.27. The molecule has 3 N–H and O–H groups in total. The highest BCUT2D eigenvalue weighted by atomic mass is 127. The molecule has 0 radical (unpaired) electrons. The first-order chi connectivity index (χ1) is 17.0. The number of hydrogen-bond donors (Lipinski definition) is 2. The van der Waals surface area contributed by atoms with Crippen molar-refractivity contribution in [3.05, 3.63) is 41.7 Å². The van der Waals surface area contributed by atoms with Crippen LogP contribution in [-0.2, 0) is 27.9 Å². The molecule has 38 heavy (non-hydrogen) atoms. The van der Waals surface area contributed by atoms with E-state index in [0.29, 0.717) is 0 Å². The number of nitrogens with one attached hydrogen (secondary N) is 1. The van der Waals surface area contributed by atoms with Gasteiger partial charge in [-0.05, 0) is 58.9 Å². The maximum atomic E-state index is 13.0. The number of hydrogen-bond acceptors (Lipinski definition) is 9. The minimum absolute atomic E-state index is 0.0381. The number of halogens is 1. The number of nitrogens with two attached hydrogens (primary N) is 1. The SMILES string of the molecule is CC(C)(C)[Si](C)(C)OCC1OC(n2cc(I)c(=O)[nH]c2=O)C(O[Si](C)(C)C(C)(C)C)C12OS(=O)(=O)C=C2N. The fourth-order valence-electron chi connectivity index (χ4n) is 3.86. The van der Waals surface area contributed by atoms with Crippen LogP contribution in [0.3, 0.4) is 0 Å². The average Bonchev–Trinajstić information content (AvgIpc) is 3.14. The molecule has 0 amide bonds. The van der Waals surface area contributed by atoms with Gasteiger partial charge in [-0.3, -0.25) is 14.3 Å². The lowest BCUT2D eigenvalue weighted by molar-refractivity contribution is -0.0563. The minimum atomic E-state index is -4.18. The third kappa shape index (κ3) is 5.66. The molecule has 0 aliphatic carbocycles. The smallest absolute Gasteiger partial charge is 0.330 e. The Balaban J connectivity index is 2.24. The molecule has 3 rings (SSSR count). The summed E-state index contributed by atoms with van der Waals surface area (Å²) in [7, 11) is -9.13. The molecule has 4 atom stereocenters. The highest BCUT2D eigenvalue weighted by Gasteiger charge is 2.67. The molecule has 1 aromatic heterocycles. The van der Waals surface area contributed by atoms with Crippen molar-refractivity contribution in [1.82, 2.24) is 9.55 Å². The van der Waals surface area contributed by atoms with Crippen LogP contribution < -0.4 is 17.0 Å². The average molecular weight is 702 g/mol. The fourth-order valence-corrected chi connectivity index (χ4v) is 7.81. The first kappa shape index (κ1) is 31.7. The highest BCUT2D eigenvalue weighted by molar-refractivity contribution is 14.1. The quantitative estimate of drug-likeness (QED) is 0.259. The van der Waals surface area contributed by atoms with Gasteiger partial charge in [0.2, 0.25) is 0 Å². The third-order valence-corrected chi connectivity index (χ3v) is 19.0. The zero-order valence-corrected chi connectivity index (χ0v) is 28.6. The summed E-state index contributed by atoms with van der Waals surface area (Å²) in [4.78, 5) is 27.4. The van der Waals surface area contributed by atoms with E-state index in [1.165, 1.54) is 10.8 Å². The van der Waals surface area contributed by atoms with Crippen LogP contribution in [0, 0.1) is 3.57 Å². The number of H-pyrrole nitrogens is 1. The van der Waals surface area contributed by atoms with Crippen LogP contribution in [0.5, 0.6) is 0 Å². The number of ether oxygens (including phenoxy) is 1. The van der Waals surface area contributed by atoms with Crippen LogP contribution >= 0.6 is 22.6 Å². The van der Waals surface area contributed by atoms with E-state index in [1.54, 1.807) is 0 Å². The van der Waals surface area contributed by atoms with Crippen LogP contribution in [0.2, 0.25) is 36.3 Å². The Labute approximate surface area is 240 Å². The van der Waals surface area contributed by atoms with Gasteiger partial charge >= 0.3 is 5.69 Å². The molecule has 11 nitrogen and oxygen atoms in total. The molecule has 1 saturated heterocycles. The van der Waals surface area contributed by atoms with E-state index >= 15 is 0 Å². The normalized spacial score (nSPS) is 28.2. The Morgan fingerprint density at radius 3 is 2.13 bits per heavy atom. The highest BCUT2D eigenvalue weighted by Crippen LogP contribution is 2.52. The Kier molecular flexibility index (Phi) is 8.27. The van der Waals surface area contributed by atoms with Gasteiger partial charge in [-0.15, -0.1) is 0 Å². The van der Waals surface area contributed by atoms with Crippen molar-refractivity contribution in [2.75, 3.05) is 6.61 Å². The molecule has 3 heterocycles. The predicted molar refractivity (Wildman–Crippen MR) is 158 cm³/mol. The van der Waals surface area contributed by atoms with Crippen molar-refractivity contribution < 1.29 is 26.2 Å². The molecule has 1 fully saturated rings. The van der Waals surface area contributed by atoms with Gasteiger partial charge in [-0.25, -0.2) is 8.98 Å². The molecule has 216 valence electrons. The van der Waals surface area contributed by atoms with Crippen molar-refractivity contribution in [3.63, 3.8) is 0 Å². The zero-order valence-electron chi connectivity index (χ0n) is 23.7. The van der Waals surface area contributed by atoms with Gasteiger partial charge in [0, 0.05) is 6.20 Å². The van der Waals surface area contributed by atoms with Gasteiger partial charge in [0.1, 0.15) is 12.2 Å². The molecule has 2 aliphatic rings. The van der Waals surface area contributed by atoms with Crippen molar-refractivity contribution in [3.8, 4) is 0 Å². The van der Waals surface area contributed by atoms with Crippen molar-refractivity contribution in [2.45, 2.75) is 102 Å². The second-order valence-electron chi connectivity index (χ2n) is 13.0. The summed E-state index contributed by atoms with van der Waals surface area (Å²) in [6.45, 7) is 20.5. The molecule has 15 heteroatoms. The summed E-state index contributed by atoms with van der Waals surface area (Å²) in [6, 6.07) is 0. The number of aromatic nitrogens is 2. The lowest BCUT2D eigenvalue weighted by Gasteiger charge is -2.43. The standard InChI is InChI=1S/C23H40IN3O8SSi2/c1-21(2,3)37(7,8)32-12-16-23(15(25)13-36(30,31)35-23)17(34-38(9,10)22(4,5)6)19(33-16)27-11-14(24)18(28)26-20(27)29/h11,13,16-17,19H,12,25H2,1-10H3,(H,26,28,29). The topological polar surface area (TPSA) is 152 Å². The first-order valence-electron chi connectivity index (χ1n) is 12.4. The lowest BCUT2D eigenvalue weighted by Crippen LogP contribution is -2.59. The second kappa shape index (κ2) is 9.92. The molecular weight excluding hydrogens is 661 g/mol. The summed E-state index contributed by atoms with van der Waals surface area (Å²) in [5.41, 5.74) is 3.31. The Morgan fingerprint density at radius 1 is 1.11 bits per heavy atom. The summed E-state index contributed by atoms with van der Waals surface area (Å²) in [5, 5.41) is 0.458. The van der Waals surface area contributed by atoms with Gasteiger partial charge in [-0.1, -0.05) is 41.5 Å². The van der Waals surface area contributed by atoms with E-state index in [4.69, 9.17) is 23.5 Å². The summed E-state index contributed by atoms with van der Waals surface area (Å²) >= 11 is 1.82.